The second kappa shape index (κ2) is 8.31. The quantitative estimate of drug-likeness (QED) is 0.907. The minimum Gasteiger partial charge on any atom is -0.450 e. The van der Waals surface area contributed by atoms with Gasteiger partial charge in [0, 0.05) is 26.2 Å². The minimum absolute atomic E-state index is 0.165. The van der Waals surface area contributed by atoms with Crippen LogP contribution in [0, 0.1) is 11.3 Å². The van der Waals surface area contributed by atoms with Crippen LogP contribution in [0.15, 0.2) is 24.3 Å². The van der Waals surface area contributed by atoms with E-state index in [-0.39, 0.29) is 18.0 Å². The Kier molecular flexibility index (Phi) is 6.15. The molecule has 1 atom stereocenters. The third-order valence-electron chi connectivity index (χ3n) is 4.07. The number of hydrogen-bond acceptors (Lipinski definition) is 5. The number of para-hydroxylation sites is 1. The number of nitrogens with one attached hydrogen (secondary N) is 1. The molecular formula is C17H22N4O3. The molecular weight excluding hydrogens is 308 g/mol. The summed E-state index contributed by atoms with van der Waals surface area (Å²) in [5.41, 5.74) is 0.951. The molecule has 1 fully saturated rings. The lowest BCUT2D eigenvalue weighted by atomic mass is 10.1. The van der Waals surface area contributed by atoms with Crippen LogP contribution in [0.25, 0.3) is 0 Å². The van der Waals surface area contributed by atoms with Crippen LogP contribution in [-0.2, 0) is 9.53 Å². The van der Waals surface area contributed by atoms with Gasteiger partial charge < -0.3 is 15.0 Å². The van der Waals surface area contributed by atoms with Gasteiger partial charge in [-0.1, -0.05) is 12.1 Å². The maximum atomic E-state index is 12.4. The van der Waals surface area contributed by atoms with E-state index in [1.807, 2.05) is 11.8 Å². The first-order valence-corrected chi connectivity index (χ1v) is 8.02. The van der Waals surface area contributed by atoms with Crippen molar-refractivity contribution in [1.82, 2.24) is 9.80 Å². The van der Waals surface area contributed by atoms with E-state index in [2.05, 4.69) is 11.4 Å². The first-order chi connectivity index (χ1) is 11.6. The molecule has 1 aromatic rings. The Morgan fingerprint density at radius 1 is 1.29 bits per heavy atom. The number of amides is 2. The fraction of sp³-hybridized carbons (Fsp3) is 0.471. The molecule has 0 spiro atoms. The molecule has 0 aliphatic carbocycles. The molecule has 1 aromatic carbocycles. The first-order valence-electron chi connectivity index (χ1n) is 8.02. The van der Waals surface area contributed by atoms with Crippen molar-refractivity contribution in [3.63, 3.8) is 0 Å². The molecule has 1 aliphatic rings. The van der Waals surface area contributed by atoms with Crippen molar-refractivity contribution in [3.05, 3.63) is 29.8 Å². The third-order valence-corrected chi connectivity index (χ3v) is 4.07. The molecule has 7 nitrogen and oxygen atoms in total. The molecule has 2 rings (SSSR count). The smallest absolute Gasteiger partial charge is 0.409 e. The van der Waals surface area contributed by atoms with Crippen LogP contribution >= 0.6 is 0 Å². The predicted molar refractivity (Wildman–Crippen MR) is 89.4 cm³/mol. The van der Waals surface area contributed by atoms with Crippen LogP contribution in [0.1, 0.15) is 19.4 Å². The Morgan fingerprint density at radius 2 is 1.96 bits per heavy atom. The standard InChI is InChI=1S/C17H22N4O3/c1-3-24-17(23)21-10-8-20(9-11-21)13(2)16(22)19-15-7-5-4-6-14(15)12-18/h4-7,13H,3,8-11H2,1-2H3,(H,19,22)/t13-/m1/s1. The zero-order valence-electron chi connectivity index (χ0n) is 14.0. The topological polar surface area (TPSA) is 85.7 Å². The Bertz CT molecular complexity index is 633. The first kappa shape index (κ1) is 17.8. The number of piperazine rings is 1. The summed E-state index contributed by atoms with van der Waals surface area (Å²) in [6, 6.07) is 8.63. The highest BCUT2D eigenvalue weighted by Gasteiger charge is 2.28. The molecule has 1 saturated heterocycles. The number of ether oxygens (including phenoxy) is 1. The van der Waals surface area contributed by atoms with Crippen molar-refractivity contribution in [3.8, 4) is 6.07 Å². The lowest BCUT2D eigenvalue weighted by Gasteiger charge is -2.36. The third kappa shape index (κ3) is 4.24. The van der Waals surface area contributed by atoms with Gasteiger partial charge in [0.25, 0.3) is 0 Å². The molecule has 1 heterocycles. The van der Waals surface area contributed by atoms with Crippen LogP contribution in [0.5, 0.6) is 0 Å². The average molecular weight is 330 g/mol. The number of rotatable bonds is 4. The van der Waals surface area contributed by atoms with Gasteiger partial charge in [-0.3, -0.25) is 9.69 Å². The van der Waals surface area contributed by atoms with Crippen LogP contribution < -0.4 is 5.32 Å². The van der Waals surface area contributed by atoms with Gasteiger partial charge in [-0.25, -0.2) is 4.79 Å². The summed E-state index contributed by atoms with van der Waals surface area (Å²) in [4.78, 5) is 27.8. The van der Waals surface area contributed by atoms with Gasteiger partial charge in [-0.2, -0.15) is 5.26 Å². The zero-order valence-corrected chi connectivity index (χ0v) is 14.0. The maximum Gasteiger partial charge on any atom is 0.409 e. The van der Waals surface area contributed by atoms with Crippen LogP contribution in [0.2, 0.25) is 0 Å². The van der Waals surface area contributed by atoms with E-state index < -0.39 is 0 Å². The molecule has 0 aromatic heterocycles. The van der Waals surface area contributed by atoms with E-state index >= 15 is 0 Å². The molecule has 24 heavy (non-hydrogen) atoms. The SMILES string of the molecule is CCOC(=O)N1CCN([C@H](C)C(=O)Nc2ccccc2C#N)CC1. The number of carbonyl (C=O) groups is 2. The number of benzene rings is 1. The Labute approximate surface area is 141 Å². The Hall–Kier alpha value is -2.59. The average Bonchev–Trinajstić information content (AvgIpc) is 2.61. The van der Waals surface area contributed by atoms with Crippen molar-refractivity contribution in [1.29, 1.82) is 5.26 Å². The van der Waals surface area contributed by atoms with Crippen LogP contribution in [0.4, 0.5) is 10.5 Å². The second-order valence-corrected chi connectivity index (χ2v) is 5.54. The summed E-state index contributed by atoms with van der Waals surface area (Å²) >= 11 is 0. The highest BCUT2D eigenvalue weighted by Crippen LogP contribution is 2.15. The van der Waals surface area contributed by atoms with Crippen molar-refractivity contribution < 1.29 is 14.3 Å². The molecule has 128 valence electrons. The fourth-order valence-electron chi connectivity index (χ4n) is 2.60. The lowest BCUT2D eigenvalue weighted by Crippen LogP contribution is -2.54. The van der Waals surface area contributed by atoms with Gasteiger partial charge in [0.1, 0.15) is 6.07 Å². The molecule has 7 heteroatoms. The van der Waals surface area contributed by atoms with Gasteiger partial charge in [0.2, 0.25) is 5.91 Å². The van der Waals surface area contributed by atoms with Gasteiger partial charge in [-0.05, 0) is 26.0 Å². The van der Waals surface area contributed by atoms with E-state index in [9.17, 15) is 9.59 Å². The van der Waals surface area contributed by atoms with Crippen molar-refractivity contribution in [2.24, 2.45) is 0 Å². The molecule has 0 radical (unpaired) electrons. The predicted octanol–water partition coefficient (Wildman–Crippen LogP) is 1.66. The lowest BCUT2D eigenvalue weighted by molar-refractivity contribution is -0.121. The van der Waals surface area contributed by atoms with Gasteiger partial charge >= 0.3 is 6.09 Å². The Morgan fingerprint density at radius 3 is 2.58 bits per heavy atom. The summed E-state index contributed by atoms with van der Waals surface area (Å²) in [5.74, 6) is -0.165. The summed E-state index contributed by atoms with van der Waals surface area (Å²) in [6.07, 6.45) is -0.308. The van der Waals surface area contributed by atoms with Crippen molar-refractivity contribution in [2.45, 2.75) is 19.9 Å². The summed E-state index contributed by atoms with van der Waals surface area (Å²) < 4.78 is 4.99. The van der Waals surface area contributed by atoms with E-state index in [0.29, 0.717) is 44.0 Å². The van der Waals surface area contributed by atoms with Crippen LogP contribution in [0.3, 0.4) is 0 Å². The summed E-state index contributed by atoms with van der Waals surface area (Å²) in [5, 5.41) is 11.9. The number of anilines is 1. The Balaban J connectivity index is 1.91. The van der Waals surface area contributed by atoms with Crippen LogP contribution in [-0.4, -0.2) is 60.6 Å². The monoisotopic (exact) mass is 330 g/mol. The van der Waals surface area contributed by atoms with Gasteiger partial charge in [-0.15, -0.1) is 0 Å². The zero-order chi connectivity index (χ0) is 17.5. The van der Waals surface area contributed by atoms with E-state index in [4.69, 9.17) is 10.00 Å². The van der Waals surface area contributed by atoms with Gasteiger partial charge in [0.05, 0.1) is 23.9 Å². The van der Waals surface area contributed by atoms with Crippen molar-refractivity contribution in [2.75, 3.05) is 38.1 Å². The number of hydrogen-bond donors (Lipinski definition) is 1. The fourth-order valence-corrected chi connectivity index (χ4v) is 2.60. The molecule has 0 bridgehead atoms. The van der Waals surface area contributed by atoms with Crippen molar-refractivity contribution >= 4 is 17.7 Å². The molecule has 0 saturated carbocycles. The minimum atomic E-state index is -0.346. The maximum absolute atomic E-state index is 12.4. The highest BCUT2D eigenvalue weighted by molar-refractivity contribution is 5.95. The molecule has 0 unspecified atom stereocenters. The highest BCUT2D eigenvalue weighted by atomic mass is 16.6. The largest absolute Gasteiger partial charge is 0.450 e. The number of nitriles is 1. The van der Waals surface area contributed by atoms with E-state index in [1.54, 1.807) is 36.1 Å². The summed E-state index contributed by atoms with van der Waals surface area (Å²) in [6.45, 7) is 6.23. The number of nitrogens with zero attached hydrogens (tertiary/aromatic N) is 3. The number of carbonyl (C=O) groups excluding carboxylic acids is 2. The second-order valence-electron chi connectivity index (χ2n) is 5.54. The molecule has 2 amide bonds. The molecule has 1 aliphatic heterocycles. The summed E-state index contributed by atoms with van der Waals surface area (Å²) in [7, 11) is 0. The van der Waals surface area contributed by atoms with E-state index in [0.717, 1.165) is 0 Å². The normalized spacial score (nSPS) is 16.1. The molecule has 1 N–H and O–H groups in total. The van der Waals surface area contributed by atoms with E-state index in [1.165, 1.54) is 0 Å². The van der Waals surface area contributed by atoms with Gasteiger partial charge in [0.15, 0.2) is 0 Å².